The number of H-pyrrole nitrogens is 1. The average molecular weight is 319 g/mol. The van der Waals surface area contributed by atoms with Crippen LogP contribution in [0.25, 0.3) is 10.9 Å². The maximum absolute atomic E-state index is 10.1. The summed E-state index contributed by atoms with van der Waals surface area (Å²) in [5.74, 6) is 0. The van der Waals surface area contributed by atoms with E-state index in [-0.39, 0.29) is 18.2 Å². The van der Waals surface area contributed by atoms with Crippen LogP contribution in [0, 0.1) is 0 Å². The number of hydrogen-bond donors (Lipinski definition) is 2. The van der Waals surface area contributed by atoms with Gasteiger partial charge in [0, 0.05) is 41.6 Å². The highest BCUT2D eigenvalue weighted by atomic mass is 16.3. The van der Waals surface area contributed by atoms with Crippen molar-refractivity contribution in [2.75, 3.05) is 13.2 Å². The van der Waals surface area contributed by atoms with Gasteiger partial charge >= 0.3 is 0 Å². The van der Waals surface area contributed by atoms with Crippen LogP contribution in [0.4, 0.5) is 0 Å². The Bertz CT molecular complexity index is 932. The molecular weight excluding hydrogens is 298 g/mol. The van der Waals surface area contributed by atoms with Crippen LogP contribution in [0.5, 0.6) is 0 Å². The monoisotopic (exact) mass is 319 g/mol. The zero-order valence-corrected chi connectivity index (χ0v) is 13.8. The minimum Gasteiger partial charge on any atom is -0.395 e. The molecule has 0 saturated carbocycles. The maximum Gasteiger partial charge on any atom is 0.0862 e. The molecule has 5 rings (SSSR count). The van der Waals surface area contributed by atoms with Crippen molar-refractivity contribution in [2.24, 2.45) is 0 Å². The molecule has 0 amide bonds. The minimum absolute atomic E-state index is 0.148. The number of nitrogens with one attached hydrogen (secondary N) is 1. The lowest BCUT2D eigenvalue weighted by Gasteiger charge is -2.52. The summed E-state index contributed by atoms with van der Waals surface area (Å²) in [7, 11) is 0. The van der Waals surface area contributed by atoms with Gasteiger partial charge in [0.15, 0.2) is 0 Å². The van der Waals surface area contributed by atoms with Crippen molar-refractivity contribution >= 4 is 10.9 Å². The molecule has 2 N–H and O–H groups in total. The molecule has 2 aromatic heterocycles. The molecule has 0 spiro atoms. The molecule has 2 atom stereocenters. The highest BCUT2D eigenvalue weighted by molar-refractivity contribution is 5.85. The van der Waals surface area contributed by atoms with Crippen LogP contribution in [0.1, 0.15) is 29.3 Å². The van der Waals surface area contributed by atoms with E-state index in [2.05, 4.69) is 52.1 Å². The lowest BCUT2D eigenvalue weighted by atomic mass is 9.74. The van der Waals surface area contributed by atoms with E-state index in [9.17, 15) is 5.11 Å². The van der Waals surface area contributed by atoms with E-state index in [1.54, 1.807) is 0 Å². The normalized spacial score (nSPS) is 26.0. The number of para-hydroxylation sites is 1. The van der Waals surface area contributed by atoms with E-state index in [0.29, 0.717) is 0 Å². The molecule has 122 valence electrons. The number of aliphatic hydroxyl groups excluding tert-OH is 1. The largest absolute Gasteiger partial charge is 0.395 e. The zero-order chi connectivity index (χ0) is 16.3. The van der Waals surface area contributed by atoms with Crippen molar-refractivity contribution in [1.29, 1.82) is 0 Å². The molecule has 0 fully saturated rings. The van der Waals surface area contributed by atoms with Gasteiger partial charge in [-0.3, -0.25) is 9.88 Å². The predicted molar refractivity (Wildman–Crippen MR) is 94.0 cm³/mol. The Morgan fingerprint density at radius 2 is 2.21 bits per heavy atom. The smallest absolute Gasteiger partial charge is 0.0862 e. The fourth-order valence-corrected chi connectivity index (χ4v) is 4.86. The number of nitrogens with zero attached hydrogens (tertiary/aromatic N) is 2. The standard InChI is InChI=1S/C20H21N3O/c1-20-17-11-21-8-6-13(17)7-9-23(20)14(12-24)10-16-15-4-2-3-5-18(15)22-19(16)20/h2-6,8,11,14,22,24H,7,9-10,12H2,1H3/t14-,20-/m0/s1. The number of pyridine rings is 1. The van der Waals surface area contributed by atoms with Gasteiger partial charge in [0.25, 0.3) is 0 Å². The molecule has 4 nitrogen and oxygen atoms in total. The Balaban J connectivity index is 1.85. The second-order valence-electron chi connectivity index (χ2n) is 7.11. The highest BCUT2D eigenvalue weighted by Crippen LogP contribution is 2.47. The molecule has 0 aliphatic carbocycles. The zero-order valence-electron chi connectivity index (χ0n) is 13.8. The van der Waals surface area contributed by atoms with Crippen molar-refractivity contribution < 1.29 is 5.11 Å². The van der Waals surface area contributed by atoms with E-state index in [1.165, 1.54) is 33.3 Å². The van der Waals surface area contributed by atoms with E-state index in [4.69, 9.17) is 0 Å². The van der Waals surface area contributed by atoms with Crippen molar-refractivity contribution in [1.82, 2.24) is 14.9 Å². The van der Waals surface area contributed by atoms with Crippen LogP contribution < -0.4 is 0 Å². The molecule has 4 heterocycles. The predicted octanol–water partition coefficient (Wildman–Crippen LogP) is 2.60. The molecule has 3 aromatic rings. The molecular formula is C20H21N3O. The lowest BCUT2D eigenvalue weighted by Crippen LogP contribution is -2.59. The Morgan fingerprint density at radius 1 is 1.33 bits per heavy atom. The summed E-state index contributed by atoms with van der Waals surface area (Å²) in [6.07, 6.45) is 5.80. The van der Waals surface area contributed by atoms with Crippen LogP contribution in [0.2, 0.25) is 0 Å². The van der Waals surface area contributed by atoms with Crippen LogP contribution in [-0.4, -0.2) is 39.2 Å². The van der Waals surface area contributed by atoms with Gasteiger partial charge in [-0.15, -0.1) is 0 Å². The van der Waals surface area contributed by atoms with E-state index >= 15 is 0 Å². The van der Waals surface area contributed by atoms with Gasteiger partial charge in [-0.1, -0.05) is 18.2 Å². The number of rotatable bonds is 1. The first-order valence-corrected chi connectivity index (χ1v) is 8.64. The molecule has 0 radical (unpaired) electrons. The molecule has 2 aliphatic heterocycles. The van der Waals surface area contributed by atoms with Gasteiger partial charge in [0.05, 0.1) is 12.1 Å². The third-order valence-electron chi connectivity index (χ3n) is 6.02. The Labute approximate surface area is 141 Å². The number of fused-ring (bicyclic) bond motifs is 7. The highest BCUT2D eigenvalue weighted by Gasteiger charge is 2.49. The van der Waals surface area contributed by atoms with Crippen molar-refractivity contribution in [3.05, 3.63) is 65.1 Å². The number of aromatic nitrogens is 2. The SMILES string of the molecule is C[C@@]12c3cnccc3CCN1[C@H](CO)Cc1c2[nH]c2ccccc12. The number of hydrogen-bond acceptors (Lipinski definition) is 3. The third-order valence-corrected chi connectivity index (χ3v) is 6.02. The van der Waals surface area contributed by atoms with Gasteiger partial charge in [-0.05, 0) is 48.6 Å². The molecule has 0 saturated heterocycles. The van der Waals surface area contributed by atoms with Crippen LogP contribution in [0.15, 0.2) is 42.7 Å². The summed E-state index contributed by atoms with van der Waals surface area (Å²) < 4.78 is 0. The van der Waals surface area contributed by atoms with Gasteiger partial charge in [-0.25, -0.2) is 0 Å². The first-order valence-electron chi connectivity index (χ1n) is 8.64. The van der Waals surface area contributed by atoms with Crippen molar-refractivity contribution in [3.63, 3.8) is 0 Å². The van der Waals surface area contributed by atoms with Gasteiger partial charge in [0.1, 0.15) is 0 Å². The number of aliphatic hydroxyl groups is 1. The van der Waals surface area contributed by atoms with Crippen LogP contribution in [0.3, 0.4) is 0 Å². The summed E-state index contributed by atoms with van der Waals surface area (Å²) in [5.41, 5.74) is 6.16. The first kappa shape index (κ1) is 14.2. The van der Waals surface area contributed by atoms with E-state index in [1.807, 2.05) is 12.4 Å². The quantitative estimate of drug-likeness (QED) is 0.725. The number of benzene rings is 1. The van der Waals surface area contributed by atoms with Crippen LogP contribution >= 0.6 is 0 Å². The lowest BCUT2D eigenvalue weighted by molar-refractivity contribution is 0.0247. The first-order chi connectivity index (χ1) is 11.7. The molecule has 4 heteroatoms. The Hall–Kier alpha value is -2.17. The van der Waals surface area contributed by atoms with Crippen molar-refractivity contribution in [2.45, 2.75) is 31.3 Å². The fourth-order valence-electron chi connectivity index (χ4n) is 4.86. The second-order valence-corrected chi connectivity index (χ2v) is 7.11. The molecule has 0 bridgehead atoms. The third kappa shape index (κ3) is 1.67. The summed E-state index contributed by atoms with van der Waals surface area (Å²) in [5, 5.41) is 11.3. The summed E-state index contributed by atoms with van der Waals surface area (Å²) in [4.78, 5) is 10.6. The van der Waals surface area contributed by atoms with Gasteiger partial charge in [0.2, 0.25) is 0 Å². The number of aromatic amines is 1. The summed E-state index contributed by atoms with van der Waals surface area (Å²) >= 11 is 0. The van der Waals surface area contributed by atoms with Crippen molar-refractivity contribution in [3.8, 4) is 0 Å². The fraction of sp³-hybridized carbons (Fsp3) is 0.350. The average Bonchev–Trinajstić information content (AvgIpc) is 3.00. The molecule has 2 aliphatic rings. The Morgan fingerprint density at radius 3 is 3.08 bits per heavy atom. The van der Waals surface area contributed by atoms with E-state index < -0.39 is 0 Å². The van der Waals surface area contributed by atoms with E-state index in [0.717, 1.165) is 19.4 Å². The maximum atomic E-state index is 10.1. The topological polar surface area (TPSA) is 52.1 Å². The second kappa shape index (κ2) is 4.91. The van der Waals surface area contributed by atoms with Gasteiger partial charge < -0.3 is 10.1 Å². The molecule has 1 aromatic carbocycles. The summed E-state index contributed by atoms with van der Waals surface area (Å²) in [6.45, 7) is 3.43. The molecule has 24 heavy (non-hydrogen) atoms. The molecule has 0 unspecified atom stereocenters. The minimum atomic E-state index is -0.262. The van der Waals surface area contributed by atoms with Gasteiger partial charge in [-0.2, -0.15) is 0 Å². The summed E-state index contributed by atoms with van der Waals surface area (Å²) in [6, 6.07) is 10.8. The Kier molecular flexibility index (Phi) is 2.91. The van der Waals surface area contributed by atoms with Crippen LogP contribution in [-0.2, 0) is 18.4 Å².